The number of carbonyl (C=O) groups excluding carboxylic acids is 2. The third-order valence-corrected chi connectivity index (χ3v) is 8.58. The lowest BCUT2D eigenvalue weighted by atomic mass is 10.1. The Morgan fingerprint density at radius 1 is 0.909 bits per heavy atom. The van der Waals surface area contributed by atoms with Gasteiger partial charge in [-0.15, -0.1) is 0 Å². The first kappa shape index (κ1) is 32.2. The summed E-state index contributed by atoms with van der Waals surface area (Å²) in [7, 11) is -4.10. The molecule has 0 aliphatic rings. The van der Waals surface area contributed by atoms with Crippen LogP contribution >= 0.6 is 11.6 Å². The summed E-state index contributed by atoms with van der Waals surface area (Å²) >= 11 is 6.18. The summed E-state index contributed by atoms with van der Waals surface area (Å²) in [5.41, 5.74) is 6.01. The van der Waals surface area contributed by atoms with Crippen molar-refractivity contribution in [3.05, 3.63) is 124 Å². The molecule has 2 N–H and O–H groups in total. The van der Waals surface area contributed by atoms with Gasteiger partial charge in [0.25, 0.3) is 21.8 Å². The largest absolute Gasteiger partial charge is 0.484 e. The van der Waals surface area contributed by atoms with E-state index in [0.717, 1.165) is 21.9 Å². The number of nitrogens with zero attached hydrogens (tertiary/aromatic N) is 2. The second-order valence-electron chi connectivity index (χ2n) is 9.99. The van der Waals surface area contributed by atoms with Crippen LogP contribution in [-0.2, 0) is 26.0 Å². The van der Waals surface area contributed by atoms with Gasteiger partial charge in [-0.3, -0.25) is 13.9 Å². The van der Waals surface area contributed by atoms with E-state index < -0.39 is 22.5 Å². The number of rotatable bonds is 13. The van der Waals surface area contributed by atoms with E-state index in [0.29, 0.717) is 28.4 Å². The SMILES string of the molecule is Cc1ccc(S(=O)(=O)N(CC(=O)N/N=C\c2ccc(OCC(=O)NCCc3ccccc3)cc2)c2cc(Cl)ccc2C)cc1. The standard InChI is InChI=1S/C33H33ClN4O5S/c1-24-8-16-30(17-9-24)44(41,42)38(31-20-28(34)13-10-25(31)2)22-32(39)37-36-21-27-11-14-29(15-12-27)43-23-33(40)35-19-18-26-6-4-3-5-7-26/h3-17,20-21H,18-19,22-23H2,1-2H3,(H,35,40)(H,37,39)/b36-21-. The molecule has 4 aromatic carbocycles. The Labute approximate surface area is 262 Å². The van der Waals surface area contributed by atoms with Crippen molar-refractivity contribution in [1.29, 1.82) is 0 Å². The lowest BCUT2D eigenvalue weighted by molar-refractivity contribution is -0.123. The lowest BCUT2D eigenvalue weighted by Crippen LogP contribution is -2.40. The van der Waals surface area contributed by atoms with Gasteiger partial charge in [0.05, 0.1) is 16.8 Å². The maximum Gasteiger partial charge on any atom is 0.264 e. The highest BCUT2D eigenvalue weighted by molar-refractivity contribution is 7.92. The van der Waals surface area contributed by atoms with E-state index >= 15 is 0 Å². The zero-order chi connectivity index (χ0) is 31.5. The van der Waals surface area contributed by atoms with Crippen molar-refractivity contribution in [1.82, 2.24) is 10.7 Å². The van der Waals surface area contributed by atoms with Gasteiger partial charge in [0, 0.05) is 11.6 Å². The fraction of sp³-hybridized carbons (Fsp3) is 0.182. The summed E-state index contributed by atoms with van der Waals surface area (Å²) in [5.74, 6) is -0.367. The summed E-state index contributed by atoms with van der Waals surface area (Å²) in [6.07, 6.45) is 2.15. The van der Waals surface area contributed by atoms with Crippen molar-refractivity contribution in [3.63, 3.8) is 0 Å². The molecule has 0 aromatic heterocycles. The number of amides is 2. The average molecular weight is 633 g/mol. The number of anilines is 1. The third kappa shape index (κ3) is 9.16. The third-order valence-electron chi connectivity index (χ3n) is 6.57. The van der Waals surface area contributed by atoms with Gasteiger partial charge >= 0.3 is 0 Å². The molecule has 9 nitrogen and oxygen atoms in total. The maximum absolute atomic E-state index is 13.6. The first-order valence-corrected chi connectivity index (χ1v) is 15.6. The second-order valence-corrected chi connectivity index (χ2v) is 12.3. The Balaban J connectivity index is 1.32. The Hall–Kier alpha value is -4.67. The minimum atomic E-state index is -4.10. The topological polar surface area (TPSA) is 117 Å². The maximum atomic E-state index is 13.6. The molecule has 0 aliphatic heterocycles. The molecule has 0 saturated heterocycles. The van der Waals surface area contributed by atoms with Crippen LogP contribution in [0, 0.1) is 13.8 Å². The fourth-order valence-corrected chi connectivity index (χ4v) is 5.82. The first-order valence-electron chi connectivity index (χ1n) is 13.8. The summed E-state index contributed by atoms with van der Waals surface area (Å²) in [6, 6.07) is 27.9. The second kappa shape index (κ2) is 15.2. The van der Waals surface area contributed by atoms with Crippen molar-refractivity contribution < 1.29 is 22.7 Å². The number of sulfonamides is 1. The van der Waals surface area contributed by atoms with Crippen LogP contribution in [0.1, 0.15) is 22.3 Å². The van der Waals surface area contributed by atoms with Crippen LogP contribution in [0.25, 0.3) is 0 Å². The first-order chi connectivity index (χ1) is 21.1. The number of aryl methyl sites for hydroxylation is 2. The molecule has 0 aliphatic carbocycles. The van der Waals surface area contributed by atoms with Crippen molar-refractivity contribution in [2.75, 3.05) is 24.0 Å². The molecule has 0 fully saturated rings. The highest BCUT2D eigenvalue weighted by Gasteiger charge is 2.28. The van der Waals surface area contributed by atoms with E-state index in [1.165, 1.54) is 24.4 Å². The minimum Gasteiger partial charge on any atom is -0.484 e. The zero-order valence-corrected chi connectivity index (χ0v) is 25.9. The number of benzene rings is 4. The molecule has 0 spiro atoms. The van der Waals surface area contributed by atoms with E-state index in [1.54, 1.807) is 55.5 Å². The molecule has 2 amide bonds. The lowest BCUT2D eigenvalue weighted by Gasteiger charge is -2.25. The van der Waals surface area contributed by atoms with Gasteiger partial charge in [0.2, 0.25) is 0 Å². The zero-order valence-electron chi connectivity index (χ0n) is 24.4. The molecular formula is C33H33ClN4O5S. The highest BCUT2D eigenvalue weighted by Crippen LogP contribution is 2.29. The molecule has 0 atom stereocenters. The molecule has 0 bridgehead atoms. The number of nitrogens with one attached hydrogen (secondary N) is 2. The number of hydrogen-bond acceptors (Lipinski definition) is 6. The number of ether oxygens (including phenoxy) is 1. The molecule has 4 aromatic rings. The fourth-order valence-electron chi connectivity index (χ4n) is 4.17. The molecule has 0 heterocycles. The molecule has 11 heteroatoms. The summed E-state index contributed by atoms with van der Waals surface area (Å²) < 4.78 is 33.8. The highest BCUT2D eigenvalue weighted by atomic mass is 35.5. The van der Waals surface area contributed by atoms with Crippen molar-refractivity contribution >= 4 is 45.3 Å². The molecule has 4 rings (SSSR count). The number of hydrazone groups is 1. The summed E-state index contributed by atoms with van der Waals surface area (Å²) in [4.78, 5) is 25.0. The average Bonchev–Trinajstić information content (AvgIpc) is 3.01. The van der Waals surface area contributed by atoms with Crippen LogP contribution in [-0.4, -0.2) is 46.1 Å². The van der Waals surface area contributed by atoms with Gasteiger partial charge in [-0.25, -0.2) is 13.8 Å². The van der Waals surface area contributed by atoms with Gasteiger partial charge in [-0.05, 0) is 85.5 Å². The van der Waals surface area contributed by atoms with Gasteiger partial charge in [-0.1, -0.05) is 65.7 Å². The van der Waals surface area contributed by atoms with Crippen LogP contribution in [0.4, 0.5) is 5.69 Å². The Morgan fingerprint density at radius 2 is 1.61 bits per heavy atom. The van der Waals surface area contributed by atoms with Crippen LogP contribution in [0.15, 0.2) is 107 Å². The molecule has 228 valence electrons. The van der Waals surface area contributed by atoms with Crippen LogP contribution < -0.4 is 19.8 Å². The summed E-state index contributed by atoms with van der Waals surface area (Å²) in [6.45, 7) is 3.48. The normalized spacial score (nSPS) is 11.2. The smallest absolute Gasteiger partial charge is 0.264 e. The predicted octanol–water partition coefficient (Wildman–Crippen LogP) is 5.04. The van der Waals surface area contributed by atoms with E-state index in [9.17, 15) is 18.0 Å². The molecule has 0 unspecified atom stereocenters. The van der Waals surface area contributed by atoms with Gasteiger partial charge < -0.3 is 10.1 Å². The van der Waals surface area contributed by atoms with Crippen LogP contribution in [0.2, 0.25) is 5.02 Å². The molecular weight excluding hydrogens is 600 g/mol. The van der Waals surface area contributed by atoms with E-state index in [4.69, 9.17) is 16.3 Å². The van der Waals surface area contributed by atoms with E-state index in [1.807, 2.05) is 37.3 Å². The molecule has 44 heavy (non-hydrogen) atoms. The number of halogens is 1. The number of hydrogen-bond donors (Lipinski definition) is 2. The van der Waals surface area contributed by atoms with Gasteiger partial charge in [0.1, 0.15) is 12.3 Å². The van der Waals surface area contributed by atoms with Gasteiger partial charge in [0.15, 0.2) is 6.61 Å². The Morgan fingerprint density at radius 3 is 2.32 bits per heavy atom. The molecule has 0 saturated carbocycles. The Kier molecular flexibility index (Phi) is 11.1. The molecule has 0 radical (unpaired) electrons. The van der Waals surface area contributed by atoms with Gasteiger partial charge in [-0.2, -0.15) is 5.10 Å². The van der Waals surface area contributed by atoms with Crippen LogP contribution in [0.3, 0.4) is 0 Å². The monoisotopic (exact) mass is 632 g/mol. The van der Waals surface area contributed by atoms with E-state index in [-0.39, 0.29) is 23.1 Å². The van der Waals surface area contributed by atoms with Crippen molar-refractivity contribution in [3.8, 4) is 5.75 Å². The quantitative estimate of drug-likeness (QED) is 0.158. The van der Waals surface area contributed by atoms with Crippen molar-refractivity contribution in [2.45, 2.75) is 25.2 Å². The minimum absolute atomic E-state index is 0.0470. The summed E-state index contributed by atoms with van der Waals surface area (Å²) in [5, 5.41) is 7.15. The number of carbonyl (C=O) groups is 2. The predicted molar refractivity (Wildman–Crippen MR) is 173 cm³/mol. The van der Waals surface area contributed by atoms with Crippen molar-refractivity contribution in [2.24, 2.45) is 5.10 Å². The van der Waals surface area contributed by atoms with E-state index in [2.05, 4.69) is 15.8 Å². The Bertz CT molecular complexity index is 1710. The van der Waals surface area contributed by atoms with Crippen LogP contribution in [0.5, 0.6) is 5.75 Å².